The lowest BCUT2D eigenvalue weighted by atomic mass is 10.0. The van der Waals surface area contributed by atoms with Crippen molar-refractivity contribution < 1.29 is 19.2 Å². The maximum absolute atomic E-state index is 12.9. The lowest BCUT2D eigenvalue weighted by Crippen LogP contribution is -2.14. The van der Waals surface area contributed by atoms with Crippen LogP contribution in [0.2, 0.25) is 0 Å². The number of nitro benzene ring substituents is 1. The summed E-state index contributed by atoms with van der Waals surface area (Å²) in [4.78, 5) is 23.4. The number of carbonyl (C=O) groups excluding carboxylic acids is 1. The lowest BCUT2D eigenvalue weighted by molar-refractivity contribution is -0.384. The first kappa shape index (κ1) is 22.8. The van der Waals surface area contributed by atoms with E-state index in [-0.39, 0.29) is 18.2 Å². The number of amides is 1. The maximum atomic E-state index is 12.9. The second-order valence-electron chi connectivity index (χ2n) is 7.72. The SMILES string of the molecule is COc1ccc(C(=O)Nc2cc([N+](=O)[O-])ccc2C)cc1COc1ccccc1C(C)C. The number of ether oxygens (including phenoxy) is 2. The van der Waals surface area contributed by atoms with Crippen molar-refractivity contribution in [3.8, 4) is 11.5 Å². The number of methoxy groups -OCH3 is 1. The number of para-hydroxylation sites is 1. The molecule has 0 saturated carbocycles. The van der Waals surface area contributed by atoms with E-state index in [9.17, 15) is 14.9 Å². The van der Waals surface area contributed by atoms with Crippen molar-refractivity contribution in [2.75, 3.05) is 12.4 Å². The van der Waals surface area contributed by atoms with E-state index in [1.54, 1.807) is 38.3 Å². The average molecular weight is 434 g/mol. The Bertz CT molecular complexity index is 1140. The molecule has 0 heterocycles. The summed E-state index contributed by atoms with van der Waals surface area (Å²) in [6.45, 7) is 6.20. The fourth-order valence-corrected chi connectivity index (χ4v) is 3.33. The highest BCUT2D eigenvalue weighted by molar-refractivity contribution is 6.05. The van der Waals surface area contributed by atoms with Gasteiger partial charge in [-0.05, 0) is 48.2 Å². The zero-order valence-corrected chi connectivity index (χ0v) is 18.5. The molecule has 1 N–H and O–H groups in total. The molecule has 0 saturated heterocycles. The Labute approximate surface area is 187 Å². The molecule has 32 heavy (non-hydrogen) atoms. The van der Waals surface area contributed by atoms with E-state index in [0.29, 0.717) is 22.9 Å². The van der Waals surface area contributed by atoms with Gasteiger partial charge in [0.1, 0.15) is 18.1 Å². The first-order valence-electron chi connectivity index (χ1n) is 10.2. The minimum atomic E-state index is -0.493. The summed E-state index contributed by atoms with van der Waals surface area (Å²) in [6.07, 6.45) is 0. The minimum Gasteiger partial charge on any atom is -0.496 e. The zero-order chi connectivity index (χ0) is 23.3. The van der Waals surface area contributed by atoms with Gasteiger partial charge in [0.25, 0.3) is 11.6 Å². The smallest absolute Gasteiger partial charge is 0.271 e. The maximum Gasteiger partial charge on any atom is 0.271 e. The van der Waals surface area contributed by atoms with Crippen LogP contribution in [0.15, 0.2) is 60.7 Å². The van der Waals surface area contributed by atoms with Gasteiger partial charge in [-0.15, -0.1) is 0 Å². The quantitative estimate of drug-likeness (QED) is 0.354. The summed E-state index contributed by atoms with van der Waals surface area (Å²) in [6, 6.07) is 17.3. The van der Waals surface area contributed by atoms with Gasteiger partial charge in [-0.25, -0.2) is 0 Å². The largest absolute Gasteiger partial charge is 0.496 e. The van der Waals surface area contributed by atoms with Gasteiger partial charge in [0.05, 0.1) is 17.7 Å². The number of rotatable bonds is 8. The highest BCUT2D eigenvalue weighted by Gasteiger charge is 2.15. The molecule has 7 heteroatoms. The first-order valence-corrected chi connectivity index (χ1v) is 10.2. The third-order valence-corrected chi connectivity index (χ3v) is 5.15. The average Bonchev–Trinajstić information content (AvgIpc) is 2.78. The summed E-state index contributed by atoms with van der Waals surface area (Å²) in [7, 11) is 1.56. The number of benzene rings is 3. The van der Waals surface area contributed by atoms with Crippen LogP contribution in [0.3, 0.4) is 0 Å². The Morgan fingerprint density at radius 3 is 2.50 bits per heavy atom. The van der Waals surface area contributed by atoms with Crippen LogP contribution in [0.5, 0.6) is 11.5 Å². The summed E-state index contributed by atoms with van der Waals surface area (Å²) in [5, 5.41) is 13.8. The molecule has 0 atom stereocenters. The number of nitro groups is 1. The number of hydrogen-bond donors (Lipinski definition) is 1. The Morgan fingerprint density at radius 1 is 1.06 bits per heavy atom. The standard InChI is InChI=1S/C25H26N2O5/c1-16(2)21-7-5-6-8-24(21)32-15-19-13-18(10-12-23(19)31-4)25(28)26-22-14-20(27(29)30)11-9-17(22)3/h5-14,16H,15H2,1-4H3,(H,26,28). The Morgan fingerprint density at radius 2 is 1.81 bits per heavy atom. The Balaban J connectivity index is 1.83. The van der Waals surface area contributed by atoms with Gasteiger partial charge in [-0.2, -0.15) is 0 Å². The number of carbonyl (C=O) groups is 1. The molecule has 3 aromatic carbocycles. The van der Waals surface area contributed by atoms with Crippen molar-refractivity contribution in [2.24, 2.45) is 0 Å². The van der Waals surface area contributed by atoms with E-state index < -0.39 is 4.92 Å². The van der Waals surface area contributed by atoms with Gasteiger partial charge >= 0.3 is 0 Å². The molecule has 0 unspecified atom stereocenters. The normalized spacial score (nSPS) is 10.7. The van der Waals surface area contributed by atoms with Crippen molar-refractivity contribution in [1.82, 2.24) is 0 Å². The van der Waals surface area contributed by atoms with E-state index >= 15 is 0 Å². The molecule has 0 aliphatic heterocycles. The molecular formula is C25H26N2O5. The number of anilines is 1. The van der Waals surface area contributed by atoms with Gasteiger partial charge in [0.2, 0.25) is 0 Å². The zero-order valence-electron chi connectivity index (χ0n) is 18.5. The molecule has 7 nitrogen and oxygen atoms in total. The summed E-state index contributed by atoms with van der Waals surface area (Å²) < 4.78 is 11.5. The molecule has 0 spiro atoms. The molecule has 166 valence electrons. The summed E-state index contributed by atoms with van der Waals surface area (Å²) in [5.74, 6) is 1.32. The topological polar surface area (TPSA) is 90.7 Å². The van der Waals surface area contributed by atoms with E-state index in [4.69, 9.17) is 9.47 Å². The van der Waals surface area contributed by atoms with Gasteiger partial charge in [0, 0.05) is 23.3 Å². The first-order chi connectivity index (χ1) is 15.3. The van der Waals surface area contributed by atoms with E-state index in [1.165, 1.54) is 12.1 Å². The number of aryl methyl sites for hydroxylation is 1. The fraction of sp³-hybridized carbons (Fsp3) is 0.240. The van der Waals surface area contributed by atoms with E-state index in [1.807, 2.05) is 24.3 Å². The molecule has 3 rings (SSSR count). The van der Waals surface area contributed by atoms with Gasteiger partial charge < -0.3 is 14.8 Å². The molecule has 3 aromatic rings. The highest BCUT2D eigenvalue weighted by atomic mass is 16.6. The molecule has 0 aromatic heterocycles. The number of nitrogens with zero attached hydrogens (tertiary/aromatic N) is 1. The highest BCUT2D eigenvalue weighted by Crippen LogP contribution is 2.29. The third-order valence-electron chi connectivity index (χ3n) is 5.15. The second kappa shape index (κ2) is 9.96. The van der Waals surface area contributed by atoms with Crippen molar-refractivity contribution in [1.29, 1.82) is 0 Å². The molecule has 1 amide bonds. The predicted molar refractivity (Wildman–Crippen MR) is 124 cm³/mol. The Kier molecular flexibility index (Phi) is 7.10. The molecule has 0 aliphatic rings. The van der Waals surface area contributed by atoms with Crippen molar-refractivity contribution in [3.63, 3.8) is 0 Å². The van der Waals surface area contributed by atoms with Crippen molar-refractivity contribution >= 4 is 17.3 Å². The monoisotopic (exact) mass is 434 g/mol. The lowest BCUT2D eigenvalue weighted by Gasteiger charge is -2.16. The van der Waals surface area contributed by atoms with Crippen LogP contribution in [0.4, 0.5) is 11.4 Å². The minimum absolute atomic E-state index is 0.0847. The summed E-state index contributed by atoms with van der Waals surface area (Å²) in [5.41, 5.74) is 3.25. The summed E-state index contributed by atoms with van der Waals surface area (Å²) >= 11 is 0. The van der Waals surface area contributed by atoms with Crippen LogP contribution in [-0.4, -0.2) is 17.9 Å². The molecular weight excluding hydrogens is 408 g/mol. The van der Waals surface area contributed by atoms with Crippen molar-refractivity contribution in [3.05, 3.63) is 93.0 Å². The van der Waals surface area contributed by atoms with Crippen LogP contribution in [-0.2, 0) is 6.61 Å². The van der Waals surface area contributed by atoms with Gasteiger partial charge in [0.15, 0.2) is 0 Å². The van der Waals surface area contributed by atoms with Crippen LogP contribution in [0.25, 0.3) is 0 Å². The van der Waals surface area contributed by atoms with Crippen LogP contribution < -0.4 is 14.8 Å². The van der Waals surface area contributed by atoms with E-state index in [0.717, 1.165) is 22.4 Å². The van der Waals surface area contributed by atoms with Crippen LogP contribution >= 0.6 is 0 Å². The molecule has 0 fully saturated rings. The molecule has 0 radical (unpaired) electrons. The molecule has 0 aliphatic carbocycles. The number of nitrogens with one attached hydrogen (secondary N) is 1. The fourth-order valence-electron chi connectivity index (χ4n) is 3.33. The Hall–Kier alpha value is -3.87. The van der Waals surface area contributed by atoms with Crippen molar-refractivity contribution in [2.45, 2.75) is 33.3 Å². The second-order valence-corrected chi connectivity index (χ2v) is 7.72. The van der Waals surface area contributed by atoms with Gasteiger partial charge in [-0.3, -0.25) is 14.9 Å². The van der Waals surface area contributed by atoms with Crippen LogP contribution in [0.1, 0.15) is 46.8 Å². The molecule has 0 bridgehead atoms. The number of non-ortho nitro benzene ring substituents is 1. The van der Waals surface area contributed by atoms with E-state index in [2.05, 4.69) is 19.2 Å². The predicted octanol–water partition coefficient (Wildman–Crippen LogP) is 5.87. The third kappa shape index (κ3) is 5.24. The van der Waals surface area contributed by atoms with Crippen LogP contribution in [0, 0.1) is 17.0 Å². The number of hydrogen-bond acceptors (Lipinski definition) is 5. The van der Waals surface area contributed by atoms with Gasteiger partial charge in [-0.1, -0.05) is 38.1 Å².